The summed E-state index contributed by atoms with van der Waals surface area (Å²) in [6, 6.07) is 0.977. The molecule has 3 aliphatic rings. The van der Waals surface area contributed by atoms with Gasteiger partial charge in [0.2, 0.25) is 11.8 Å². The predicted octanol–water partition coefficient (Wildman–Crippen LogP) is 2.30. The van der Waals surface area contributed by atoms with E-state index in [1.165, 1.54) is 51.5 Å². The second-order valence-corrected chi connectivity index (χ2v) is 7.82. The van der Waals surface area contributed by atoms with Crippen molar-refractivity contribution in [3.05, 3.63) is 0 Å². The lowest BCUT2D eigenvalue weighted by atomic mass is 10.00. The van der Waals surface area contributed by atoms with Crippen molar-refractivity contribution in [2.45, 2.75) is 82.7 Å². The standard InChI is InChI=1S/C19H33N3O2/c23-18(15-22-12-6-5-11-19(22)24)20-16-8-7-13-21(14-16)17-9-3-1-2-4-10-17/h16-17H,1-15H2,(H,20,23)/t16-/m1/s1. The third-order valence-corrected chi connectivity index (χ3v) is 5.91. The van der Waals surface area contributed by atoms with Gasteiger partial charge in [0.25, 0.3) is 0 Å². The van der Waals surface area contributed by atoms with Crippen LogP contribution in [0.15, 0.2) is 0 Å². The topological polar surface area (TPSA) is 52.7 Å². The molecule has 0 radical (unpaired) electrons. The van der Waals surface area contributed by atoms with Crippen LogP contribution in [0.25, 0.3) is 0 Å². The van der Waals surface area contributed by atoms with Crippen LogP contribution in [0.5, 0.6) is 0 Å². The van der Waals surface area contributed by atoms with Crippen LogP contribution >= 0.6 is 0 Å². The van der Waals surface area contributed by atoms with E-state index >= 15 is 0 Å². The molecule has 1 saturated carbocycles. The van der Waals surface area contributed by atoms with Crippen molar-refractivity contribution in [2.24, 2.45) is 0 Å². The molecule has 0 aromatic heterocycles. The number of hydrogen-bond acceptors (Lipinski definition) is 3. The van der Waals surface area contributed by atoms with Crippen LogP contribution in [-0.2, 0) is 9.59 Å². The summed E-state index contributed by atoms with van der Waals surface area (Å²) in [5.74, 6) is 0.165. The Labute approximate surface area is 146 Å². The average molecular weight is 335 g/mol. The van der Waals surface area contributed by atoms with Crippen LogP contribution < -0.4 is 5.32 Å². The van der Waals surface area contributed by atoms with Gasteiger partial charge in [-0.15, -0.1) is 0 Å². The minimum absolute atomic E-state index is 0.0259. The van der Waals surface area contributed by atoms with Gasteiger partial charge in [-0.3, -0.25) is 14.5 Å². The summed E-state index contributed by atoms with van der Waals surface area (Å²) in [7, 11) is 0. The quantitative estimate of drug-likeness (QED) is 0.802. The number of nitrogens with one attached hydrogen (secondary N) is 1. The van der Waals surface area contributed by atoms with Crippen molar-refractivity contribution in [1.29, 1.82) is 0 Å². The Morgan fingerprint density at radius 3 is 2.50 bits per heavy atom. The SMILES string of the molecule is O=C(CN1CCCCC1=O)N[C@@H]1CCCN(C2CCCCCC2)C1. The molecule has 2 aliphatic heterocycles. The fourth-order valence-corrected chi connectivity index (χ4v) is 4.55. The maximum atomic E-state index is 12.3. The van der Waals surface area contributed by atoms with Crippen molar-refractivity contribution in [3.63, 3.8) is 0 Å². The number of nitrogens with zero attached hydrogens (tertiary/aromatic N) is 2. The van der Waals surface area contributed by atoms with Gasteiger partial charge in [-0.05, 0) is 45.1 Å². The van der Waals surface area contributed by atoms with E-state index in [0.717, 1.165) is 38.4 Å². The van der Waals surface area contributed by atoms with Gasteiger partial charge >= 0.3 is 0 Å². The monoisotopic (exact) mass is 335 g/mol. The average Bonchev–Trinajstić information content (AvgIpc) is 2.86. The zero-order valence-corrected chi connectivity index (χ0v) is 15.0. The van der Waals surface area contributed by atoms with E-state index in [9.17, 15) is 9.59 Å². The predicted molar refractivity (Wildman–Crippen MR) is 94.7 cm³/mol. The maximum absolute atomic E-state index is 12.3. The molecule has 0 unspecified atom stereocenters. The molecule has 0 aromatic rings. The molecule has 1 aliphatic carbocycles. The molecular weight excluding hydrogens is 302 g/mol. The summed E-state index contributed by atoms with van der Waals surface area (Å²) < 4.78 is 0. The summed E-state index contributed by atoms with van der Waals surface area (Å²) in [5, 5.41) is 3.20. The van der Waals surface area contributed by atoms with Crippen molar-refractivity contribution in [1.82, 2.24) is 15.1 Å². The molecule has 24 heavy (non-hydrogen) atoms. The van der Waals surface area contributed by atoms with Gasteiger partial charge < -0.3 is 10.2 Å². The van der Waals surface area contributed by atoms with E-state index in [4.69, 9.17) is 0 Å². The second kappa shape index (κ2) is 8.84. The molecular formula is C19H33N3O2. The lowest BCUT2D eigenvalue weighted by Gasteiger charge is -2.38. The fraction of sp³-hybridized carbons (Fsp3) is 0.895. The van der Waals surface area contributed by atoms with Crippen LogP contribution in [0.4, 0.5) is 0 Å². The molecule has 0 aromatic carbocycles. The number of carbonyl (C=O) groups excluding carboxylic acids is 2. The van der Waals surface area contributed by atoms with Gasteiger partial charge in [-0.1, -0.05) is 25.7 Å². The Balaban J connectivity index is 1.45. The summed E-state index contributed by atoms with van der Waals surface area (Å²) in [5.41, 5.74) is 0. The number of amides is 2. The molecule has 5 nitrogen and oxygen atoms in total. The number of piperidine rings is 2. The smallest absolute Gasteiger partial charge is 0.239 e. The molecule has 0 bridgehead atoms. The number of likely N-dealkylation sites (tertiary alicyclic amines) is 2. The van der Waals surface area contributed by atoms with Gasteiger partial charge in [0.05, 0.1) is 6.54 Å². The molecule has 3 fully saturated rings. The number of carbonyl (C=O) groups is 2. The van der Waals surface area contributed by atoms with Crippen LogP contribution in [0.2, 0.25) is 0 Å². The van der Waals surface area contributed by atoms with E-state index in [1.54, 1.807) is 4.90 Å². The Bertz CT molecular complexity index is 432. The molecule has 136 valence electrons. The van der Waals surface area contributed by atoms with Crippen molar-refractivity contribution >= 4 is 11.8 Å². The second-order valence-electron chi connectivity index (χ2n) is 7.82. The number of hydrogen-bond donors (Lipinski definition) is 1. The molecule has 2 heterocycles. The van der Waals surface area contributed by atoms with E-state index in [1.807, 2.05) is 0 Å². The van der Waals surface area contributed by atoms with Crippen LogP contribution in [-0.4, -0.2) is 59.9 Å². The maximum Gasteiger partial charge on any atom is 0.239 e. The molecule has 2 amide bonds. The van der Waals surface area contributed by atoms with Crippen LogP contribution in [0, 0.1) is 0 Å². The summed E-state index contributed by atoms with van der Waals surface area (Å²) >= 11 is 0. The van der Waals surface area contributed by atoms with Crippen LogP contribution in [0.1, 0.15) is 70.6 Å². The molecule has 0 spiro atoms. The fourth-order valence-electron chi connectivity index (χ4n) is 4.55. The first-order chi connectivity index (χ1) is 11.7. The van der Waals surface area contributed by atoms with E-state index in [2.05, 4.69) is 10.2 Å². The largest absolute Gasteiger partial charge is 0.351 e. The van der Waals surface area contributed by atoms with Crippen molar-refractivity contribution in [2.75, 3.05) is 26.2 Å². The molecule has 2 saturated heterocycles. The Morgan fingerprint density at radius 2 is 1.75 bits per heavy atom. The highest BCUT2D eigenvalue weighted by Gasteiger charge is 2.28. The molecule has 3 rings (SSSR count). The normalized spacial score (nSPS) is 27.8. The Kier molecular flexibility index (Phi) is 6.52. The molecule has 1 N–H and O–H groups in total. The van der Waals surface area contributed by atoms with Crippen molar-refractivity contribution in [3.8, 4) is 0 Å². The van der Waals surface area contributed by atoms with Gasteiger partial charge in [0.1, 0.15) is 0 Å². The molecule has 1 atom stereocenters. The zero-order chi connectivity index (χ0) is 16.8. The molecule has 5 heteroatoms. The minimum Gasteiger partial charge on any atom is -0.351 e. The summed E-state index contributed by atoms with van der Waals surface area (Å²) in [6.07, 6.45) is 13.0. The first kappa shape index (κ1) is 17.7. The van der Waals surface area contributed by atoms with Gasteiger partial charge in [0, 0.05) is 31.6 Å². The van der Waals surface area contributed by atoms with Crippen LogP contribution in [0.3, 0.4) is 0 Å². The minimum atomic E-state index is 0.0259. The van der Waals surface area contributed by atoms with E-state index < -0.39 is 0 Å². The third kappa shape index (κ3) is 4.95. The Hall–Kier alpha value is -1.10. The Morgan fingerprint density at radius 1 is 0.958 bits per heavy atom. The highest BCUT2D eigenvalue weighted by molar-refractivity contribution is 5.85. The summed E-state index contributed by atoms with van der Waals surface area (Å²) in [6.45, 7) is 3.16. The van der Waals surface area contributed by atoms with Crippen molar-refractivity contribution < 1.29 is 9.59 Å². The van der Waals surface area contributed by atoms with Gasteiger partial charge in [-0.25, -0.2) is 0 Å². The van der Waals surface area contributed by atoms with E-state index in [0.29, 0.717) is 6.42 Å². The van der Waals surface area contributed by atoms with Gasteiger partial charge in [0.15, 0.2) is 0 Å². The van der Waals surface area contributed by atoms with E-state index in [-0.39, 0.29) is 24.4 Å². The summed E-state index contributed by atoms with van der Waals surface area (Å²) in [4.78, 5) is 28.5. The highest BCUT2D eigenvalue weighted by atomic mass is 16.2. The zero-order valence-electron chi connectivity index (χ0n) is 15.0. The first-order valence-corrected chi connectivity index (χ1v) is 10.0. The van der Waals surface area contributed by atoms with Gasteiger partial charge in [-0.2, -0.15) is 0 Å². The first-order valence-electron chi connectivity index (χ1n) is 10.0. The third-order valence-electron chi connectivity index (χ3n) is 5.91. The number of rotatable bonds is 4. The lowest BCUT2D eigenvalue weighted by molar-refractivity contribution is -0.138. The highest BCUT2D eigenvalue weighted by Crippen LogP contribution is 2.24. The lowest BCUT2D eigenvalue weighted by Crippen LogP contribution is -2.53.